The molecule has 0 unspecified atom stereocenters. The molecule has 1 heterocycles. The summed E-state index contributed by atoms with van der Waals surface area (Å²) in [7, 11) is -3.20. The summed E-state index contributed by atoms with van der Waals surface area (Å²) in [6.07, 6.45) is 1.35. The molecule has 0 saturated carbocycles. The molecule has 0 aliphatic rings. The van der Waals surface area contributed by atoms with Gasteiger partial charge >= 0.3 is 0 Å². The van der Waals surface area contributed by atoms with Gasteiger partial charge < -0.3 is 0 Å². The van der Waals surface area contributed by atoms with Crippen molar-refractivity contribution in [2.75, 3.05) is 5.75 Å². The Bertz CT molecular complexity index is 920. The smallest absolute Gasteiger partial charge is 0.156 e. The first-order valence-electron chi connectivity index (χ1n) is 7.96. The van der Waals surface area contributed by atoms with E-state index in [1.54, 1.807) is 17.5 Å². The van der Waals surface area contributed by atoms with Gasteiger partial charge in [-0.1, -0.05) is 30.3 Å². The third-order valence-corrected chi connectivity index (χ3v) is 6.36. The summed E-state index contributed by atoms with van der Waals surface area (Å²) in [5.41, 5.74) is 2.48. The van der Waals surface area contributed by atoms with Gasteiger partial charge in [-0.2, -0.15) is 0 Å². The van der Waals surface area contributed by atoms with Gasteiger partial charge in [-0.25, -0.2) is 17.8 Å². The van der Waals surface area contributed by atoms with Crippen molar-refractivity contribution < 1.29 is 12.8 Å². The summed E-state index contributed by atoms with van der Waals surface area (Å²) < 4.78 is 37.6. The normalized spacial score (nSPS) is 11.6. The van der Waals surface area contributed by atoms with E-state index >= 15 is 0 Å². The van der Waals surface area contributed by atoms with E-state index in [4.69, 9.17) is 0 Å². The molecule has 0 atom stereocenters. The highest BCUT2D eigenvalue weighted by Crippen LogP contribution is 2.24. The predicted molar refractivity (Wildman–Crippen MR) is 99.8 cm³/mol. The summed E-state index contributed by atoms with van der Waals surface area (Å²) in [4.78, 5) is 4.38. The van der Waals surface area contributed by atoms with Crippen molar-refractivity contribution in [2.45, 2.75) is 18.6 Å². The third-order valence-electron chi connectivity index (χ3n) is 3.77. The quantitative estimate of drug-likeness (QED) is 0.611. The first-order valence-corrected chi connectivity index (χ1v) is 10.7. The van der Waals surface area contributed by atoms with Crippen molar-refractivity contribution >= 4 is 21.2 Å². The molecule has 25 heavy (non-hydrogen) atoms. The average Bonchev–Trinajstić information content (AvgIpc) is 3.04. The fraction of sp³-hybridized carbons (Fsp3) is 0.211. The number of rotatable bonds is 7. The first-order chi connectivity index (χ1) is 12.0. The van der Waals surface area contributed by atoms with Gasteiger partial charge in [0.2, 0.25) is 0 Å². The molecule has 6 heteroatoms. The molecule has 0 aliphatic carbocycles. The second-order valence-corrected chi connectivity index (χ2v) is 8.87. The molecule has 0 bridgehead atoms. The minimum Gasteiger partial charge on any atom is -0.240 e. The van der Waals surface area contributed by atoms with Crippen molar-refractivity contribution in [3.63, 3.8) is 0 Å². The van der Waals surface area contributed by atoms with Gasteiger partial charge in [0, 0.05) is 10.9 Å². The van der Waals surface area contributed by atoms with Crippen molar-refractivity contribution in [1.82, 2.24) is 4.98 Å². The van der Waals surface area contributed by atoms with Crippen LogP contribution in [-0.2, 0) is 22.0 Å². The number of halogens is 1. The summed E-state index contributed by atoms with van der Waals surface area (Å²) >= 11 is 1.37. The SMILES string of the molecule is O=S(=O)(CCCc1ccccc1)Cc1csc(-c2ccc(F)cc2)n1. The number of hydrogen-bond donors (Lipinski definition) is 0. The molecule has 130 valence electrons. The fourth-order valence-electron chi connectivity index (χ4n) is 2.54. The minimum atomic E-state index is -3.20. The van der Waals surface area contributed by atoms with Crippen LogP contribution in [0.2, 0.25) is 0 Å². The van der Waals surface area contributed by atoms with E-state index in [1.165, 1.54) is 23.5 Å². The number of aromatic nitrogens is 1. The molecule has 0 saturated heterocycles. The zero-order valence-electron chi connectivity index (χ0n) is 13.6. The van der Waals surface area contributed by atoms with Crippen LogP contribution in [0.1, 0.15) is 17.7 Å². The topological polar surface area (TPSA) is 47.0 Å². The molecular formula is C19H18FNO2S2. The van der Waals surface area contributed by atoms with Gasteiger partial charge in [-0.3, -0.25) is 0 Å². The van der Waals surface area contributed by atoms with E-state index in [0.717, 1.165) is 17.5 Å². The van der Waals surface area contributed by atoms with Crippen LogP contribution in [0.5, 0.6) is 0 Å². The highest BCUT2D eigenvalue weighted by atomic mass is 32.2. The van der Waals surface area contributed by atoms with Crippen LogP contribution in [-0.4, -0.2) is 19.2 Å². The molecule has 0 aliphatic heterocycles. The molecule has 3 nitrogen and oxygen atoms in total. The molecule has 0 amide bonds. The summed E-state index contributed by atoms with van der Waals surface area (Å²) in [5, 5.41) is 2.46. The zero-order valence-corrected chi connectivity index (χ0v) is 15.2. The molecule has 3 rings (SSSR count). The van der Waals surface area contributed by atoms with Gasteiger partial charge in [-0.05, 0) is 42.7 Å². The van der Waals surface area contributed by atoms with Crippen LogP contribution in [0.4, 0.5) is 4.39 Å². The molecule has 0 spiro atoms. The van der Waals surface area contributed by atoms with Gasteiger partial charge in [0.1, 0.15) is 10.8 Å². The maximum absolute atomic E-state index is 13.0. The van der Waals surface area contributed by atoms with Crippen molar-refractivity contribution in [3.8, 4) is 10.6 Å². The molecular weight excluding hydrogens is 357 g/mol. The van der Waals surface area contributed by atoms with Gasteiger partial charge in [0.25, 0.3) is 0 Å². The number of nitrogens with zero attached hydrogens (tertiary/aromatic N) is 1. The highest BCUT2D eigenvalue weighted by molar-refractivity contribution is 7.90. The van der Waals surface area contributed by atoms with Crippen molar-refractivity contribution in [1.29, 1.82) is 0 Å². The molecule has 3 aromatic rings. The van der Waals surface area contributed by atoms with Crippen LogP contribution in [0, 0.1) is 5.82 Å². The Morgan fingerprint density at radius 2 is 1.72 bits per heavy atom. The maximum atomic E-state index is 13.0. The van der Waals surface area contributed by atoms with E-state index in [0.29, 0.717) is 17.1 Å². The van der Waals surface area contributed by atoms with E-state index in [1.807, 2.05) is 30.3 Å². The number of hydrogen-bond acceptors (Lipinski definition) is 4. The average molecular weight is 375 g/mol. The lowest BCUT2D eigenvalue weighted by Crippen LogP contribution is -2.10. The van der Waals surface area contributed by atoms with Crippen molar-refractivity contribution in [2.24, 2.45) is 0 Å². The Morgan fingerprint density at radius 3 is 2.44 bits per heavy atom. The number of benzene rings is 2. The predicted octanol–water partition coefficient (Wildman–Crippen LogP) is 4.50. The third kappa shape index (κ3) is 5.21. The van der Waals surface area contributed by atoms with Crippen molar-refractivity contribution in [3.05, 3.63) is 77.1 Å². The molecule has 0 N–H and O–H groups in total. The van der Waals surface area contributed by atoms with Crippen LogP contribution in [0.25, 0.3) is 10.6 Å². The summed E-state index contributed by atoms with van der Waals surface area (Å²) in [5.74, 6) is -0.216. The van der Waals surface area contributed by atoms with E-state index in [2.05, 4.69) is 4.98 Å². The summed E-state index contributed by atoms with van der Waals surface area (Å²) in [6.45, 7) is 0. The van der Waals surface area contributed by atoms with E-state index in [9.17, 15) is 12.8 Å². The van der Waals surface area contributed by atoms with Gasteiger partial charge in [0.05, 0.1) is 17.2 Å². The van der Waals surface area contributed by atoms with E-state index < -0.39 is 9.84 Å². The monoisotopic (exact) mass is 375 g/mol. The number of thiazole rings is 1. The van der Waals surface area contributed by atoms with Gasteiger partial charge in [-0.15, -0.1) is 11.3 Å². The van der Waals surface area contributed by atoms with Gasteiger partial charge in [0.15, 0.2) is 9.84 Å². The Hall–Kier alpha value is -2.05. The standard InChI is InChI=1S/C19H18FNO2S2/c20-17-10-8-16(9-11-17)19-21-18(13-24-19)14-25(22,23)12-4-7-15-5-2-1-3-6-15/h1-3,5-6,8-11,13H,4,7,12,14H2. The number of aryl methyl sites for hydroxylation is 1. The highest BCUT2D eigenvalue weighted by Gasteiger charge is 2.15. The van der Waals surface area contributed by atoms with Crippen LogP contribution in [0.3, 0.4) is 0 Å². The second kappa shape index (κ2) is 7.89. The van der Waals surface area contributed by atoms with Crippen LogP contribution >= 0.6 is 11.3 Å². The molecule has 0 fully saturated rings. The zero-order chi connectivity index (χ0) is 17.7. The Kier molecular flexibility index (Phi) is 5.60. The van der Waals surface area contributed by atoms with Crippen LogP contribution < -0.4 is 0 Å². The molecule has 2 aromatic carbocycles. The number of sulfone groups is 1. The Balaban J connectivity index is 1.58. The Labute approximate surface area is 151 Å². The van der Waals surface area contributed by atoms with Crippen LogP contribution in [0.15, 0.2) is 60.0 Å². The lowest BCUT2D eigenvalue weighted by molar-refractivity contribution is 0.592. The Morgan fingerprint density at radius 1 is 1.00 bits per heavy atom. The summed E-state index contributed by atoms with van der Waals surface area (Å²) in [6, 6.07) is 15.9. The molecule has 1 aromatic heterocycles. The largest absolute Gasteiger partial charge is 0.240 e. The fourth-order valence-corrected chi connectivity index (χ4v) is 4.80. The van der Waals surface area contributed by atoms with E-state index in [-0.39, 0.29) is 17.3 Å². The second-order valence-electron chi connectivity index (χ2n) is 5.83. The first kappa shape index (κ1) is 17.8. The lowest BCUT2D eigenvalue weighted by atomic mass is 10.1. The minimum absolute atomic E-state index is 0.0561. The lowest BCUT2D eigenvalue weighted by Gasteiger charge is -2.03. The molecule has 0 radical (unpaired) electrons. The maximum Gasteiger partial charge on any atom is 0.156 e.